The second-order valence-electron chi connectivity index (χ2n) is 4.34. The summed E-state index contributed by atoms with van der Waals surface area (Å²) in [5.74, 6) is 0.778. The molecule has 0 amide bonds. The van der Waals surface area contributed by atoms with Crippen LogP contribution in [0.1, 0.15) is 28.7 Å². The number of rotatable bonds is 2. The molecule has 1 fully saturated rings. The first-order chi connectivity index (χ1) is 8.81. The molecule has 3 heterocycles. The van der Waals surface area contributed by atoms with Crippen LogP contribution >= 0.6 is 0 Å². The van der Waals surface area contributed by atoms with Crippen LogP contribution in [0, 0.1) is 0 Å². The number of esters is 1. The highest BCUT2D eigenvalue weighted by Crippen LogP contribution is 2.26. The summed E-state index contributed by atoms with van der Waals surface area (Å²) in [6.07, 6.45) is 2.72. The lowest BCUT2D eigenvalue weighted by atomic mass is 10.1. The summed E-state index contributed by atoms with van der Waals surface area (Å²) < 4.78 is 12.1. The third-order valence-electron chi connectivity index (χ3n) is 3.27. The van der Waals surface area contributed by atoms with Crippen molar-refractivity contribution in [1.29, 1.82) is 0 Å². The first-order valence-corrected chi connectivity index (χ1v) is 5.93. The van der Waals surface area contributed by atoms with E-state index < -0.39 is 0 Å². The molecule has 0 aromatic carbocycles. The lowest BCUT2D eigenvalue weighted by Gasteiger charge is -2.10. The average Bonchev–Trinajstić information content (AvgIpc) is 3.05. The third kappa shape index (κ3) is 1.67. The fraction of sp³-hybridized carbons (Fsp3) is 0.385. The zero-order valence-electron chi connectivity index (χ0n) is 10.1. The van der Waals surface area contributed by atoms with Gasteiger partial charge >= 0.3 is 5.97 Å². The standard InChI is InChI=1S/C13H14N2O3/c1-17-13(16)11-4-2-3-10-7-14-12(15(10)11)9-5-6-18-8-9/h2-4,7,9H,5-6,8H2,1H3. The molecule has 1 saturated heterocycles. The molecule has 0 bridgehead atoms. The highest BCUT2D eigenvalue weighted by atomic mass is 16.5. The van der Waals surface area contributed by atoms with Crippen LogP contribution in [0.2, 0.25) is 0 Å². The lowest BCUT2D eigenvalue weighted by Crippen LogP contribution is -2.12. The predicted octanol–water partition coefficient (Wildman–Crippen LogP) is 1.62. The second-order valence-corrected chi connectivity index (χ2v) is 4.34. The summed E-state index contributed by atoms with van der Waals surface area (Å²) >= 11 is 0. The van der Waals surface area contributed by atoms with Crippen LogP contribution < -0.4 is 0 Å². The Hall–Kier alpha value is -1.88. The largest absolute Gasteiger partial charge is 0.464 e. The van der Waals surface area contributed by atoms with Crippen molar-refractivity contribution in [1.82, 2.24) is 9.38 Å². The molecule has 0 radical (unpaired) electrons. The molecule has 1 unspecified atom stereocenters. The van der Waals surface area contributed by atoms with Crippen molar-refractivity contribution in [3.63, 3.8) is 0 Å². The molecule has 2 aromatic heterocycles. The van der Waals surface area contributed by atoms with E-state index in [4.69, 9.17) is 9.47 Å². The van der Waals surface area contributed by atoms with E-state index in [0.717, 1.165) is 24.4 Å². The van der Waals surface area contributed by atoms with E-state index in [1.807, 2.05) is 16.5 Å². The Labute approximate surface area is 104 Å². The molecule has 3 rings (SSSR count). The van der Waals surface area contributed by atoms with E-state index in [-0.39, 0.29) is 11.9 Å². The molecular weight excluding hydrogens is 232 g/mol. The number of aromatic nitrogens is 2. The van der Waals surface area contributed by atoms with Gasteiger partial charge in [0.15, 0.2) is 0 Å². The molecule has 0 N–H and O–H groups in total. The van der Waals surface area contributed by atoms with E-state index >= 15 is 0 Å². The van der Waals surface area contributed by atoms with Crippen molar-refractivity contribution in [3.8, 4) is 0 Å². The summed E-state index contributed by atoms with van der Waals surface area (Å²) in [4.78, 5) is 16.2. The number of pyridine rings is 1. The maximum atomic E-state index is 11.8. The zero-order valence-corrected chi connectivity index (χ0v) is 10.1. The number of carbonyl (C=O) groups is 1. The molecule has 0 aliphatic carbocycles. The van der Waals surface area contributed by atoms with Gasteiger partial charge < -0.3 is 9.47 Å². The zero-order chi connectivity index (χ0) is 12.5. The Balaban J connectivity index is 2.17. The van der Waals surface area contributed by atoms with Crippen molar-refractivity contribution in [2.75, 3.05) is 20.3 Å². The van der Waals surface area contributed by atoms with E-state index in [2.05, 4.69) is 4.98 Å². The number of hydrogen-bond acceptors (Lipinski definition) is 4. The van der Waals surface area contributed by atoms with Gasteiger partial charge in [0.25, 0.3) is 0 Å². The summed E-state index contributed by atoms with van der Waals surface area (Å²) in [6.45, 7) is 1.41. The normalized spacial score (nSPS) is 19.3. The molecular formula is C13H14N2O3. The maximum absolute atomic E-state index is 11.8. The maximum Gasteiger partial charge on any atom is 0.355 e. The van der Waals surface area contributed by atoms with Gasteiger partial charge in [0.1, 0.15) is 11.5 Å². The molecule has 5 nitrogen and oxygen atoms in total. The van der Waals surface area contributed by atoms with E-state index in [1.54, 1.807) is 12.3 Å². The molecule has 5 heteroatoms. The summed E-state index contributed by atoms with van der Waals surface area (Å²) in [7, 11) is 1.39. The van der Waals surface area contributed by atoms with Gasteiger partial charge in [-0.25, -0.2) is 9.78 Å². The van der Waals surface area contributed by atoms with E-state index in [1.165, 1.54) is 7.11 Å². The number of ether oxygens (including phenoxy) is 2. The van der Waals surface area contributed by atoms with Crippen LogP contribution in [0.4, 0.5) is 0 Å². The number of fused-ring (bicyclic) bond motifs is 1. The Morgan fingerprint density at radius 2 is 2.44 bits per heavy atom. The first kappa shape index (κ1) is 11.2. The number of nitrogens with zero attached hydrogens (tertiary/aromatic N) is 2. The fourth-order valence-electron chi connectivity index (χ4n) is 2.36. The fourth-order valence-corrected chi connectivity index (χ4v) is 2.36. The van der Waals surface area contributed by atoms with Crippen molar-refractivity contribution < 1.29 is 14.3 Å². The van der Waals surface area contributed by atoms with Crippen molar-refractivity contribution in [3.05, 3.63) is 35.9 Å². The van der Waals surface area contributed by atoms with Crippen molar-refractivity contribution >= 4 is 11.5 Å². The SMILES string of the molecule is COC(=O)c1cccc2cnc(C3CCOC3)n12. The smallest absolute Gasteiger partial charge is 0.355 e. The number of hydrogen-bond donors (Lipinski definition) is 0. The molecule has 2 aromatic rings. The summed E-state index contributed by atoms with van der Waals surface area (Å²) in [5.41, 5.74) is 1.41. The number of carbonyl (C=O) groups excluding carboxylic acids is 1. The molecule has 1 atom stereocenters. The second kappa shape index (κ2) is 4.42. The van der Waals surface area contributed by atoms with Crippen LogP contribution in [-0.2, 0) is 9.47 Å². The Bertz CT molecular complexity index is 585. The third-order valence-corrected chi connectivity index (χ3v) is 3.27. The minimum absolute atomic E-state index is 0.248. The van der Waals surface area contributed by atoms with Gasteiger partial charge in [0.2, 0.25) is 0 Å². The van der Waals surface area contributed by atoms with Gasteiger partial charge in [-0.3, -0.25) is 4.40 Å². The van der Waals surface area contributed by atoms with Crippen molar-refractivity contribution in [2.24, 2.45) is 0 Å². The molecule has 18 heavy (non-hydrogen) atoms. The summed E-state index contributed by atoms with van der Waals surface area (Å²) in [5, 5.41) is 0. The van der Waals surface area contributed by atoms with Gasteiger partial charge in [0.05, 0.1) is 25.4 Å². The van der Waals surface area contributed by atoms with Crippen LogP contribution in [0.25, 0.3) is 5.52 Å². The summed E-state index contributed by atoms with van der Waals surface area (Å²) in [6, 6.07) is 5.51. The molecule has 94 valence electrons. The topological polar surface area (TPSA) is 52.8 Å². The molecule has 0 spiro atoms. The Morgan fingerprint density at radius 3 is 3.17 bits per heavy atom. The minimum Gasteiger partial charge on any atom is -0.464 e. The number of imidazole rings is 1. The molecule has 0 saturated carbocycles. The van der Waals surface area contributed by atoms with Gasteiger partial charge in [-0.05, 0) is 18.6 Å². The molecule has 1 aliphatic rings. The first-order valence-electron chi connectivity index (χ1n) is 5.93. The lowest BCUT2D eigenvalue weighted by molar-refractivity contribution is 0.0591. The van der Waals surface area contributed by atoms with Crippen LogP contribution in [0.5, 0.6) is 0 Å². The van der Waals surface area contributed by atoms with Crippen LogP contribution in [-0.4, -0.2) is 35.7 Å². The van der Waals surface area contributed by atoms with E-state index in [9.17, 15) is 4.79 Å². The Morgan fingerprint density at radius 1 is 1.56 bits per heavy atom. The van der Waals surface area contributed by atoms with Gasteiger partial charge in [-0.2, -0.15) is 0 Å². The van der Waals surface area contributed by atoms with Gasteiger partial charge in [-0.1, -0.05) is 6.07 Å². The van der Waals surface area contributed by atoms with Crippen molar-refractivity contribution in [2.45, 2.75) is 12.3 Å². The van der Waals surface area contributed by atoms with E-state index in [0.29, 0.717) is 12.3 Å². The number of methoxy groups -OCH3 is 1. The minimum atomic E-state index is -0.348. The Kier molecular flexibility index (Phi) is 2.76. The highest BCUT2D eigenvalue weighted by molar-refractivity contribution is 5.88. The monoisotopic (exact) mass is 246 g/mol. The quantitative estimate of drug-likeness (QED) is 0.756. The predicted molar refractivity (Wildman–Crippen MR) is 64.7 cm³/mol. The van der Waals surface area contributed by atoms with Crippen LogP contribution in [0.3, 0.4) is 0 Å². The average molecular weight is 246 g/mol. The van der Waals surface area contributed by atoms with Gasteiger partial charge in [-0.15, -0.1) is 0 Å². The van der Waals surface area contributed by atoms with Crippen LogP contribution in [0.15, 0.2) is 24.4 Å². The highest BCUT2D eigenvalue weighted by Gasteiger charge is 2.24. The molecule has 1 aliphatic heterocycles. The van der Waals surface area contributed by atoms with Gasteiger partial charge in [0, 0.05) is 12.5 Å².